The standard InChI is InChI=1S/C12H19N/c1-10-4-3-5-12(8-10)7-6-11(2)9-13/h3-5,8,11H,6-7,9,13H2,1-2H3. The Labute approximate surface area is 81.0 Å². The molecule has 72 valence electrons. The molecule has 1 atom stereocenters. The lowest BCUT2D eigenvalue weighted by atomic mass is 10.0. The molecule has 0 amide bonds. The third kappa shape index (κ3) is 3.60. The highest BCUT2D eigenvalue weighted by atomic mass is 14.5. The van der Waals surface area contributed by atoms with Crippen molar-refractivity contribution >= 4 is 0 Å². The molecule has 2 N–H and O–H groups in total. The van der Waals surface area contributed by atoms with Crippen molar-refractivity contribution < 1.29 is 0 Å². The Bertz CT molecular complexity index is 255. The quantitative estimate of drug-likeness (QED) is 0.751. The average molecular weight is 177 g/mol. The van der Waals surface area contributed by atoms with Crippen LogP contribution in [0.1, 0.15) is 24.5 Å². The summed E-state index contributed by atoms with van der Waals surface area (Å²) in [7, 11) is 0. The highest BCUT2D eigenvalue weighted by Crippen LogP contribution is 2.10. The average Bonchev–Trinajstić information content (AvgIpc) is 2.14. The van der Waals surface area contributed by atoms with Crippen molar-refractivity contribution in [3.05, 3.63) is 35.4 Å². The number of hydrogen-bond acceptors (Lipinski definition) is 1. The van der Waals surface area contributed by atoms with Crippen molar-refractivity contribution in [2.24, 2.45) is 11.7 Å². The number of rotatable bonds is 4. The van der Waals surface area contributed by atoms with Gasteiger partial charge in [0.15, 0.2) is 0 Å². The second-order valence-electron chi connectivity index (χ2n) is 3.87. The number of aryl methyl sites for hydroxylation is 2. The molecule has 0 aromatic heterocycles. The van der Waals surface area contributed by atoms with Crippen LogP contribution in [0.15, 0.2) is 24.3 Å². The molecule has 0 aliphatic rings. The number of nitrogens with two attached hydrogens (primary N) is 1. The Morgan fingerprint density at radius 3 is 2.77 bits per heavy atom. The molecule has 0 saturated carbocycles. The van der Waals surface area contributed by atoms with E-state index in [-0.39, 0.29) is 0 Å². The summed E-state index contributed by atoms with van der Waals surface area (Å²) in [5.41, 5.74) is 8.34. The molecule has 1 nitrogen and oxygen atoms in total. The van der Waals surface area contributed by atoms with E-state index in [4.69, 9.17) is 5.73 Å². The molecule has 0 aliphatic heterocycles. The van der Waals surface area contributed by atoms with Crippen LogP contribution in [0.2, 0.25) is 0 Å². The summed E-state index contributed by atoms with van der Waals surface area (Å²) in [6.07, 6.45) is 2.35. The van der Waals surface area contributed by atoms with Crippen molar-refractivity contribution in [3.63, 3.8) is 0 Å². The molecule has 1 rings (SSSR count). The first-order valence-corrected chi connectivity index (χ1v) is 4.98. The summed E-state index contributed by atoms with van der Waals surface area (Å²) in [6, 6.07) is 8.70. The molecule has 1 unspecified atom stereocenters. The van der Waals surface area contributed by atoms with Crippen molar-refractivity contribution in [2.75, 3.05) is 6.54 Å². The molecule has 0 saturated heterocycles. The summed E-state index contributed by atoms with van der Waals surface area (Å²) in [4.78, 5) is 0. The van der Waals surface area contributed by atoms with Gasteiger partial charge in [-0.05, 0) is 37.8 Å². The Kier molecular flexibility index (Phi) is 3.97. The third-order valence-electron chi connectivity index (χ3n) is 2.41. The van der Waals surface area contributed by atoms with Gasteiger partial charge in [-0.25, -0.2) is 0 Å². The van der Waals surface area contributed by atoms with Crippen LogP contribution >= 0.6 is 0 Å². The van der Waals surface area contributed by atoms with Gasteiger partial charge in [0.05, 0.1) is 0 Å². The minimum absolute atomic E-state index is 0.639. The largest absolute Gasteiger partial charge is 0.330 e. The second-order valence-corrected chi connectivity index (χ2v) is 3.87. The smallest absolute Gasteiger partial charge is 0.00514 e. The molecule has 0 radical (unpaired) electrons. The molecular formula is C12H19N. The van der Waals surface area contributed by atoms with E-state index in [1.807, 2.05) is 0 Å². The van der Waals surface area contributed by atoms with E-state index in [9.17, 15) is 0 Å². The van der Waals surface area contributed by atoms with Gasteiger partial charge >= 0.3 is 0 Å². The van der Waals surface area contributed by atoms with E-state index < -0.39 is 0 Å². The zero-order valence-corrected chi connectivity index (χ0v) is 8.59. The van der Waals surface area contributed by atoms with Crippen LogP contribution in [0.4, 0.5) is 0 Å². The number of benzene rings is 1. The van der Waals surface area contributed by atoms with E-state index in [1.165, 1.54) is 17.5 Å². The van der Waals surface area contributed by atoms with Gasteiger partial charge in [-0.2, -0.15) is 0 Å². The molecule has 0 heterocycles. The minimum atomic E-state index is 0.639. The van der Waals surface area contributed by atoms with Crippen LogP contribution in [0.5, 0.6) is 0 Å². The molecule has 1 aromatic rings. The molecule has 1 aromatic carbocycles. The predicted molar refractivity (Wildman–Crippen MR) is 57.7 cm³/mol. The summed E-state index contributed by atoms with van der Waals surface area (Å²) >= 11 is 0. The van der Waals surface area contributed by atoms with Crippen LogP contribution in [-0.2, 0) is 6.42 Å². The maximum Gasteiger partial charge on any atom is -0.00514 e. The van der Waals surface area contributed by atoms with Crippen molar-refractivity contribution in [1.82, 2.24) is 0 Å². The monoisotopic (exact) mass is 177 g/mol. The summed E-state index contributed by atoms with van der Waals surface area (Å²) in [5.74, 6) is 0.639. The normalized spacial score (nSPS) is 12.8. The van der Waals surface area contributed by atoms with Gasteiger partial charge in [-0.15, -0.1) is 0 Å². The lowest BCUT2D eigenvalue weighted by Gasteiger charge is -2.07. The van der Waals surface area contributed by atoms with Crippen LogP contribution in [0.3, 0.4) is 0 Å². The molecule has 0 bridgehead atoms. The number of hydrogen-bond donors (Lipinski definition) is 1. The Hall–Kier alpha value is -0.820. The lowest BCUT2D eigenvalue weighted by molar-refractivity contribution is 0.544. The fourth-order valence-corrected chi connectivity index (χ4v) is 1.40. The zero-order valence-electron chi connectivity index (χ0n) is 8.59. The molecule has 0 spiro atoms. The fraction of sp³-hybridized carbons (Fsp3) is 0.500. The van der Waals surface area contributed by atoms with E-state index >= 15 is 0 Å². The first-order chi connectivity index (χ1) is 6.22. The maximum atomic E-state index is 5.57. The summed E-state index contributed by atoms with van der Waals surface area (Å²) < 4.78 is 0. The van der Waals surface area contributed by atoms with Crippen molar-refractivity contribution in [1.29, 1.82) is 0 Å². The van der Waals surface area contributed by atoms with Gasteiger partial charge < -0.3 is 5.73 Å². The van der Waals surface area contributed by atoms with Crippen LogP contribution < -0.4 is 5.73 Å². The third-order valence-corrected chi connectivity index (χ3v) is 2.41. The zero-order chi connectivity index (χ0) is 9.68. The highest BCUT2D eigenvalue weighted by Gasteiger charge is 1.99. The van der Waals surface area contributed by atoms with Gasteiger partial charge in [-0.1, -0.05) is 36.8 Å². The van der Waals surface area contributed by atoms with Crippen molar-refractivity contribution in [3.8, 4) is 0 Å². The first-order valence-electron chi connectivity index (χ1n) is 4.98. The van der Waals surface area contributed by atoms with Crippen LogP contribution in [-0.4, -0.2) is 6.54 Å². The second kappa shape index (κ2) is 5.03. The first kappa shape index (κ1) is 10.3. The van der Waals surface area contributed by atoms with E-state index in [1.54, 1.807) is 0 Å². The molecule has 13 heavy (non-hydrogen) atoms. The Balaban J connectivity index is 2.45. The topological polar surface area (TPSA) is 26.0 Å². The molecule has 1 heteroatoms. The highest BCUT2D eigenvalue weighted by molar-refractivity contribution is 5.22. The maximum absolute atomic E-state index is 5.57. The Morgan fingerprint density at radius 1 is 1.38 bits per heavy atom. The minimum Gasteiger partial charge on any atom is -0.330 e. The van der Waals surface area contributed by atoms with Gasteiger partial charge in [0.2, 0.25) is 0 Å². The van der Waals surface area contributed by atoms with E-state index in [0.717, 1.165) is 13.0 Å². The SMILES string of the molecule is Cc1cccc(CCC(C)CN)c1. The van der Waals surface area contributed by atoms with Gasteiger partial charge in [-0.3, -0.25) is 0 Å². The van der Waals surface area contributed by atoms with Crippen LogP contribution in [0, 0.1) is 12.8 Å². The van der Waals surface area contributed by atoms with Gasteiger partial charge in [0, 0.05) is 0 Å². The Morgan fingerprint density at radius 2 is 2.15 bits per heavy atom. The van der Waals surface area contributed by atoms with E-state index in [0.29, 0.717) is 5.92 Å². The predicted octanol–water partition coefficient (Wildman–Crippen LogP) is 2.52. The van der Waals surface area contributed by atoms with Crippen molar-refractivity contribution in [2.45, 2.75) is 26.7 Å². The summed E-state index contributed by atoms with van der Waals surface area (Å²) in [5, 5.41) is 0. The fourth-order valence-electron chi connectivity index (χ4n) is 1.40. The summed E-state index contributed by atoms with van der Waals surface area (Å²) in [6.45, 7) is 5.14. The lowest BCUT2D eigenvalue weighted by Crippen LogP contribution is -2.11. The van der Waals surface area contributed by atoms with E-state index in [2.05, 4.69) is 38.1 Å². The van der Waals surface area contributed by atoms with Gasteiger partial charge in [0.25, 0.3) is 0 Å². The molecule has 0 aliphatic carbocycles. The van der Waals surface area contributed by atoms with Gasteiger partial charge in [0.1, 0.15) is 0 Å². The molecule has 0 fully saturated rings. The molecular weight excluding hydrogens is 158 g/mol. The van der Waals surface area contributed by atoms with Crippen LogP contribution in [0.25, 0.3) is 0 Å².